The van der Waals surface area contributed by atoms with Crippen LogP contribution in [0.1, 0.15) is 0 Å². The van der Waals surface area contributed by atoms with Gasteiger partial charge in [-0.15, -0.1) is 0 Å². The molecule has 66 heavy (non-hydrogen) atoms. The van der Waals surface area contributed by atoms with Crippen molar-refractivity contribution in [2.24, 2.45) is 0 Å². The molecule has 16 rings (SSSR count). The van der Waals surface area contributed by atoms with Crippen molar-refractivity contribution in [1.82, 2.24) is 0 Å². The Bertz CT molecular complexity index is 4300. The lowest BCUT2D eigenvalue weighted by Gasteiger charge is -2.20. The van der Waals surface area contributed by atoms with Gasteiger partial charge in [-0.05, 0) is 157 Å². The summed E-state index contributed by atoms with van der Waals surface area (Å²) in [6.45, 7) is 0. The van der Waals surface area contributed by atoms with Crippen molar-refractivity contribution in [3.8, 4) is 66.8 Å². The first-order valence-corrected chi connectivity index (χ1v) is 22.4. The van der Waals surface area contributed by atoms with Crippen molar-refractivity contribution in [1.29, 1.82) is 0 Å². The number of hydrogen-bond acceptors (Lipinski definition) is 2. The molecule has 4 heteroatoms. The van der Waals surface area contributed by atoms with Crippen molar-refractivity contribution in [3.05, 3.63) is 194 Å². The van der Waals surface area contributed by atoms with E-state index in [0.29, 0.717) is 11.2 Å². The van der Waals surface area contributed by atoms with E-state index in [0.717, 1.165) is 98.4 Å². The number of halogens is 2. The molecule has 0 N–H and O–H groups in total. The number of hydrogen-bond donors (Lipinski definition) is 0. The van der Waals surface area contributed by atoms with Crippen LogP contribution in [0.15, 0.2) is 191 Å². The van der Waals surface area contributed by atoms with Crippen LogP contribution in [0, 0.1) is 11.6 Å². The molecule has 0 fully saturated rings. The van der Waals surface area contributed by atoms with Gasteiger partial charge in [-0.3, -0.25) is 0 Å². The number of furan rings is 2. The Kier molecular flexibility index (Phi) is 6.41. The molecule has 2 heterocycles. The van der Waals surface area contributed by atoms with Crippen LogP contribution in [0.2, 0.25) is 0 Å². The minimum Gasteiger partial charge on any atom is -0.453 e. The maximum Gasteiger partial charge on any atom is 0.171 e. The lowest BCUT2D eigenvalue weighted by molar-refractivity contribution is 0.584. The third kappa shape index (κ3) is 4.21. The highest BCUT2D eigenvalue weighted by Crippen LogP contribution is 2.58. The smallest absolute Gasteiger partial charge is 0.171 e. The molecule has 0 amide bonds. The molecule has 0 radical (unpaired) electrons. The molecule has 14 aromatic rings. The molecular weight excluding hydrogens is 815 g/mol. The van der Waals surface area contributed by atoms with Crippen molar-refractivity contribution in [3.63, 3.8) is 0 Å². The van der Waals surface area contributed by atoms with Crippen LogP contribution in [0.25, 0.3) is 165 Å². The standard InChI is InChI=1S/C62H30F2O2/c63-49-27-25-43(59-39-13-1-3-19-51(39)65-61(49)59)55-37-23-21-34-33(45(37)29-47-35-15-5-9-31-11-7-17-41(53(31)35)57(47)55)22-24-38-46(34)30-48-36-16-6-10-32-12-8-18-42(54(32)36)58(48)56(38)44-26-28-50(64)62-60(44)40-14-2-4-20-52(40)66-62/h1-30H. The molecule has 2 aliphatic carbocycles. The van der Waals surface area contributed by atoms with Gasteiger partial charge in [0.1, 0.15) is 11.2 Å². The highest BCUT2D eigenvalue weighted by molar-refractivity contribution is 6.32. The van der Waals surface area contributed by atoms with Crippen LogP contribution >= 0.6 is 0 Å². The van der Waals surface area contributed by atoms with Gasteiger partial charge in [-0.25, -0.2) is 8.78 Å². The lowest BCUT2D eigenvalue weighted by Crippen LogP contribution is -1.93. The quantitative estimate of drug-likeness (QED) is 0.162. The van der Waals surface area contributed by atoms with E-state index in [1.165, 1.54) is 43.8 Å². The van der Waals surface area contributed by atoms with E-state index < -0.39 is 0 Å². The number of fused-ring (bicyclic) bond motifs is 17. The predicted molar refractivity (Wildman–Crippen MR) is 268 cm³/mol. The zero-order valence-corrected chi connectivity index (χ0v) is 34.9. The SMILES string of the molecule is Fc1ccc(-c2c3c(cc4c2ccc2c5cc6c(c(-c7ccc(F)c8oc9ccccc9c78)c5ccc42)-c2cccc4cccc-6c24)-c2cccc4cccc-3c24)c2c1oc1ccccc12. The second-order valence-electron chi connectivity index (χ2n) is 18.0. The summed E-state index contributed by atoms with van der Waals surface area (Å²) in [5.74, 6) is -0.765. The Labute approximate surface area is 374 Å². The van der Waals surface area contributed by atoms with Gasteiger partial charge in [-0.2, -0.15) is 0 Å². The maximum absolute atomic E-state index is 15.9. The van der Waals surface area contributed by atoms with Gasteiger partial charge in [-0.1, -0.05) is 146 Å². The van der Waals surface area contributed by atoms with Crippen LogP contribution in [-0.4, -0.2) is 0 Å². The van der Waals surface area contributed by atoms with Gasteiger partial charge in [0.05, 0.1) is 0 Å². The van der Waals surface area contributed by atoms with E-state index in [4.69, 9.17) is 8.83 Å². The molecule has 2 aromatic heterocycles. The summed E-state index contributed by atoms with van der Waals surface area (Å²) >= 11 is 0. The van der Waals surface area contributed by atoms with Crippen molar-refractivity contribution >= 4 is 97.7 Å². The fourth-order valence-corrected chi connectivity index (χ4v) is 12.3. The highest BCUT2D eigenvalue weighted by atomic mass is 19.1. The topological polar surface area (TPSA) is 26.3 Å². The van der Waals surface area contributed by atoms with E-state index in [1.54, 1.807) is 12.1 Å². The van der Waals surface area contributed by atoms with Gasteiger partial charge < -0.3 is 8.83 Å². The Morgan fingerprint density at radius 2 is 0.652 bits per heavy atom. The van der Waals surface area contributed by atoms with E-state index in [-0.39, 0.29) is 22.8 Å². The van der Waals surface area contributed by atoms with E-state index in [1.807, 2.05) is 60.7 Å². The minimum absolute atomic E-state index is 0.262. The predicted octanol–water partition coefficient (Wildman–Crippen LogP) is 18.2. The summed E-state index contributed by atoms with van der Waals surface area (Å²) in [5, 5.41) is 14.7. The second kappa shape index (κ2) is 12.1. The summed E-state index contributed by atoms with van der Waals surface area (Å²) in [5.41, 5.74) is 15.1. The number of benzene rings is 12. The molecule has 304 valence electrons. The lowest BCUT2D eigenvalue weighted by atomic mass is 9.82. The van der Waals surface area contributed by atoms with Gasteiger partial charge in [0.2, 0.25) is 0 Å². The first-order valence-electron chi connectivity index (χ1n) is 22.4. The summed E-state index contributed by atoms with van der Waals surface area (Å²) in [6, 6.07) is 62.8. The molecule has 0 saturated carbocycles. The van der Waals surface area contributed by atoms with Gasteiger partial charge in [0.15, 0.2) is 22.8 Å². The zero-order valence-electron chi connectivity index (χ0n) is 34.9. The fraction of sp³-hybridized carbons (Fsp3) is 0. The van der Waals surface area contributed by atoms with Crippen LogP contribution in [0.4, 0.5) is 8.78 Å². The summed E-state index contributed by atoms with van der Waals surface area (Å²) in [6.07, 6.45) is 0. The van der Waals surface area contributed by atoms with Crippen LogP contribution in [0.5, 0.6) is 0 Å². The first kappa shape index (κ1) is 34.8. The normalized spacial score (nSPS) is 12.7. The third-order valence-electron chi connectivity index (χ3n) is 14.9. The van der Waals surface area contributed by atoms with Crippen LogP contribution < -0.4 is 0 Å². The third-order valence-corrected chi connectivity index (χ3v) is 14.9. The molecule has 2 nitrogen and oxygen atoms in total. The van der Waals surface area contributed by atoms with Crippen molar-refractivity contribution in [2.75, 3.05) is 0 Å². The van der Waals surface area contributed by atoms with Gasteiger partial charge in [0.25, 0.3) is 0 Å². The molecule has 2 aliphatic rings. The Morgan fingerprint density at radius 1 is 0.258 bits per heavy atom. The number of para-hydroxylation sites is 2. The molecule has 0 aliphatic heterocycles. The largest absolute Gasteiger partial charge is 0.453 e. The van der Waals surface area contributed by atoms with Gasteiger partial charge >= 0.3 is 0 Å². The molecule has 0 atom stereocenters. The van der Waals surface area contributed by atoms with Crippen molar-refractivity contribution < 1.29 is 17.6 Å². The number of rotatable bonds is 2. The van der Waals surface area contributed by atoms with E-state index in [2.05, 4.69) is 109 Å². The van der Waals surface area contributed by atoms with E-state index >= 15 is 8.78 Å². The summed E-state index contributed by atoms with van der Waals surface area (Å²) in [4.78, 5) is 0. The van der Waals surface area contributed by atoms with Crippen LogP contribution in [-0.2, 0) is 0 Å². The fourth-order valence-electron chi connectivity index (χ4n) is 12.3. The van der Waals surface area contributed by atoms with E-state index in [9.17, 15) is 0 Å². The monoisotopic (exact) mass is 844 g/mol. The molecule has 0 saturated heterocycles. The maximum atomic E-state index is 15.9. The van der Waals surface area contributed by atoms with Gasteiger partial charge in [0, 0.05) is 21.5 Å². The second-order valence-corrected chi connectivity index (χ2v) is 18.0. The Hall–Kier alpha value is -8.60. The first-order chi connectivity index (χ1) is 32.6. The molecular formula is C62H30F2O2. The van der Waals surface area contributed by atoms with Crippen LogP contribution in [0.3, 0.4) is 0 Å². The molecule has 12 aromatic carbocycles. The summed E-state index contributed by atoms with van der Waals surface area (Å²) in [7, 11) is 0. The minimum atomic E-state index is -0.382. The molecule has 0 unspecified atom stereocenters. The molecule has 0 spiro atoms. The Balaban J connectivity index is 1.08. The summed E-state index contributed by atoms with van der Waals surface area (Å²) < 4.78 is 44.4. The molecule has 0 bridgehead atoms. The average Bonchev–Trinajstić information content (AvgIpc) is 4.12. The Morgan fingerprint density at radius 3 is 1.11 bits per heavy atom. The highest BCUT2D eigenvalue weighted by Gasteiger charge is 2.32. The average molecular weight is 845 g/mol. The van der Waals surface area contributed by atoms with Crippen molar-refractivity contribution in [2.45, 2.75) is 0 Å². The zero-order chi connectivity index (χ0) is 43.1.